The molecule has 10 nitrogen and oxygen atoms in total. The molecule has 3 aromatic rings. The van der Waals surface area contributed by atoms with Crippen molar-refractivity contribution in [3.63, 3.8) is 0 Å². The molecule has 0 N–H and O–H groups in total. The van der Waals surface area contributed by atoms with Crippen molar-refractivity contribution in [2.75, 3.05) is 32.9 Å². The largest absolute Gasteiger partial charge is 0.493 e. The van der Waals surface area contributed by atoms with E-state index in [4.69, 9.17) is 14.2 Å². The van der Waals surface area contributed by atoms with Gasteiger partial charge in [-0.1, -0.05) is 23.5 Å². The third-order valence-corrected chi connectivity index (χ3v) is 6.01. The standard InChI is InChI=1S/C21H20N4O6S/c1-29-16-9-15(10-17(30-2)19(16)31-3)23-11-22-21-24(12-23)20(26)18(32-21)8-13-5-4-6-14(7-13)25(27)28/h4-10H,11-12H2,1-3H3/b18-8-. The SMILES string of the molecule is COc1cc(N2CN=c3s/c(=C\c4cccc([N+](=O)[O-])c4)c(=O)n3C2)cc(OC)c1OC. The summed E-state index contributed by atoms with van der Waals surface area (Å²) in [5.74, 6) is 1.49. The Hall–Kier alpha value is -3.86. The minimum atomic E-state index is -0.464. The summed E-state index contributed by atoms with van der Waals surface area (Å²) < 4.78 is 18.2. The molecule has 0 amide bonds. The maximum atomic E-state index is 13.0. The van der Waals surface area contributed by atoms with Crippen molar-refractivity contribution in [3.8, 4) is 17.2 Å². The Morgan fingerprint density at radius 2 is 1.84 bits per heavy atom. The molecule has 2 heterocycles. The lowest BCUT2D eigenvalue weighted by Gasteiger charge is -2.27. The fourth-order valence-corrected chi connectivity index (χ4v) is 4.37. The van der Waals surface area contributed by atoms with Crippen LogP contribution in [-0.4, -0.2) is 37.5 Å². The summed E-state index contributed by atoms with van der Waals surface area (Å²) in [7, 11) is 4.62. The van der Waals surface area contributed by atoms with Gasteiger partial charge in [-0.3, -0.25) is 19.5 Å². The number of aromatic nitrogens is 1. The Labute approximate surface area is 186 Å². The van der Waals surface area contributed by atoms with Crippen LogP contribution < -0.4 is 34.0 Å². The number of anilines is 1. The number of hydrogen-bond donors (Lipinski definition) is 0. The number of nitro groups is 1. The van der Waals surface area contributed by atoms with Crippen molar-refractivity contribution in [1.29, 1.82) is 0 Å². The van der Waals surface area contributed by atoms with Crippen molar-refractivity contribution < 1.29 is 19.1 Å². The van der Waals surface area contributed by atoms with Gasteiger partial charge in [0.05, 0.1) is 30.8 Å². The monoisotopic (exact) mass is 456 g/mol. The molecule has 11 heteroatoms. The highest BCUT2D eigenvalue weighted by Gasteiger charge is 2.20. The van der Waals surface area contributed by atoms with Gasteiger partial charge in [-0.25, -0.2) is 4.99 Å². The lowest BCUT2D eigenvalue weighted by atomic mass is 10.2. The quantitative estimate of drug-likeness (QED) is 0.411. The molecule has 32 heavy (non-hydrogen) atoms. The first-order valence-electron chi connectivity index (χ1n) is 9.50. The average molecular weight is 456 g/mol. The van der Waals surface area contributed by atoms with E-state index in [-0.39, 0.29) is 17.9 Å². The summed E-state index contributed by atoms with van der Waals surface area (Å²) >= 11 is 1.25. The second-order valence-electron chi connectivity index (χ2n) is 6.84. The third kappa shape index (κ3) is 3.89. The van der Waals surface area contributed by atoms with Crippen LogP contribution in [0.25, 0.3) is 6.08 Å². The van der Waals surface area contributed by atoms with Gasteiger partial charge in [-0.05, 0) is 11.6 Å². The average Bonchev–Trinajstić information content (AvgIpc) is 3.12. The molecule has 0 spiro atoms. The van der Waals surface area contributed by atoms with Crippen LogP contribution in [0.2, 0.25) is 0 Å². The zero-order valence-electron chi connectivity index (χ0n) is 17.6. The zero-order chi connectivity index (χ0) is 22.8. The lowest BCUT2D eigenvalue weighted by Crippen LogP contribution is -2.42. The fourth-order valence-electron chi connectivity index (χ4n) is 3.40. The van der Waals surface area contributed by atoms with Crippen LogP contribution in [0.3, 0.4) is 0 Å². The number of methoxy groups -OCH3 is 3. The summed E-state index contributed by atoms with van der Waals surface area (Å²) in [5, 5.41) is 11.0. The minimum absolute atomic E-state index is 0.0292. The summed E-state index contributed by atoms with van der Waals surface area (Å²) in [5.41, 5.74) is 1.10. The van der Waals surface area contributed by atoms with E-state index in [1.165, 1.54) is 30.6 Å². The molecule has 0 atom stereocenters. The van der Waals surface area contributed by atoms with Gasteiger partial charge in [-0.2, -0.15) is 0 Å². The van der Waals surface area contributed by atoms with Crippen molar-refractivity contribution in [1.82, 2.24) is 4.57 Å². The highest BCUT2D eigenvalue weighted by molar-refractivity contribution is 7.07. The molecule has 0 aliphatic carbocycles. The summed E-state index contributed by atoms with van der Waals surface area (Å²) in [6.07, 6.45) is 1.64. The number of non-ortho nitro benzene ring substituents is 1. The molecule has 0 saturated carbocycles. The normalized spacial score (nSPS) is 13.3. The number of rotatable bonds is 6. The first-order valence-corrected chi connectivity index (χ1v) is 10.3. The van der Waals surface area contributed by atoms with E-state index in [0.29, 0.717) is 38.8 Å². The molecule has 0 radical (unpaired) electrons. The minimum Gasteiger partial charge on any atom is -0.493 e. The van der Waals surface area contributed by atoms with E-state index in [2.05, 4.69) is 4.99 Å². The van der Waals surface area contributed by atoms with E-state index in [9.17, 15) is 14.9 Å². The Balaban J connectivity index is 1.71. The number of nitro benzene ring substituents is 1. The number of fused-ring (bicyclic) bond motifs is 1. The van der Waals surface area contributed by atoms with E-state index in [1.807, 2.05) is 4.90 Å². The first-order chi connectivity index (χ1) is 15.4. The second-order valence-corrected chi connectivity index (χ2v) is 7.85. The molecule has 1 aliphatic heterocycles. The van der Waals surface area contributed by atoms with Crippen LogP contribution in [0.5, 0.6) is 17.2 Å². The number of nitrogens with zero attached hydrogens (tertiary/aromatic N) is 4. The van der Waals surface area contributed by atoms with Gasteiger partial charge in [0.1, 0.15) is 13.3 Å². The molecule has 0 unspecified atom stereocenters. The van der Waals surface area contributed by atoms with Gasteiger partial charge in [0.15, 0.2) is 16.3 Å². The van der Waals surface area contributed by atoms with Gasteiger partial charge in [-0.15, -0.1) is 0 Å². The van der Waals surface area contributed by atoms with Gasteiger partial charge >= 0.3 is 0 Å². The molecule has 2 aromatic carbocycles. The molecule has 4 rings (SSSR count). The summed E-state index contributed by atoms with van der Waals surface area (Å²) in [4.78, 5) is 30.6. The number of thiazole rings is 1. The maximum absolute atomic E-state index is 13.0. The number of ether oxygens (including phenoxy) is 3. The molecule has 0 fully saturated rings. The molecule has 1 aromatic heterocycles. The van der Waals surface area contributed by atoms with E-state index < -0.39 is 4.92 Å². The summed E-state index contributed by atoms with van der Waals surface area (Å²) in [6, 6.07) is 9.75. The Morgan fingerprint density at radius 1 is 1.12 bits per heavy atom. The van der Waals surface area contributed by atoms with Crippen molar-refractivity contribution in [3.05, 3.63) is 71.8 Å². The van der Waals surface area contributed by atoms with Gasteiger partial charge < -0.3 is 19.1 Å². The molecule has 0 saturated heterocycles. The van der Waals surface area contributed by atoms with Crippen LogP contribution in [0.1, 0.15) is 5.56 Å². The van der Waals surface area contributed by atoms with E-state index in [0.717, 1.165) is 5.69 Å². The van der Waals surface area contributed by atoms with Gasteiger partial charge in [0.2, 0.25) is 5.75 Å². The van der Waals surface area contributed by atoms with Gasteiger partial charge in [0.25, 0.3) is 11.2 Å². The Kier molecular flexibility index (Phi) is 5.82. The molecule has 1 aliphatic rings. The number of hydrogen-bond acceptors (Lipinski definition) is 9. The van der Waals surface area contributed by atoms with E-state index in [1.54, 1.807) is 49.1 Å². The molecule has 0 bridgehead atoms. The van der Waals surface area contributed by atoms with Gasteiger partial charge in [0, 0.05) is 30.0 Å². The van der Waals surface area contributed by atoms with Crippen molar-refractivity contribution in [2.24, 2.45) is 4.99 Å². The van der Waals surface area contributed by atoms with Crippen molar-refractivity contribution >= 4 is 28.8 Å². The Bertz CT molecular complexity index is 1340. The highest BCUT2D eigenvalue weighted by Crippen LogP contribution is 2.41. The molecular formula is C21H20N4O6S. The van der Waals surface area contributed by atoms with Crippen molar-refractivity contribution in [2.45, 2.75) is 6.67 Å². The fraction of sp³-hybridized carbons (Fsp3) is 0.238. The molecule has 166 valence electrons. The van der Waals surface area contributed by atoms with Crippen LogP contribution in [0.4, 0.5) is 11.4 Å². The molecular weight excluding hydrogens is 436 g/mol. The smallest absolute Gasteiger partial charge is 0.271 e. The van der Waals surface area contributed by atoms with Crippen LogP contribution in [0.15, 0.2) is 46.2 Å². The Morgan fingerprint density at radius 3 is 2.47 bits per heavy atom. The number of benzene rings is 2. The predicted octanol–water partition coefficient (Wildman–Crippen LogP) is 1.73. The zero-order valence-corrected chi connectivity index (χ0v) is 18.4. The first kappa shape index (κ1) is 21.4. The van der Waals surface area contributed by atoms with Crippen LogP contribution in [-0.2, 0) is 6.67 Å². The lowest BCUT2D eigenvalue weighted by molar-refractivity contribution is -0.384. The topological polar surface area (TPSA) is 108 Å². The third-order valence-electron chi connectivity index (χ3n) is 4.97. The van der Waals surface area contributed by atoms with Crippen LogP contribution >= 0.6 is 11.3 Å². The highest BCUT2D eigenvalue weighted by atomic mass is 32.1. The summed E-state index contributed by atoms with van der Waals surface area (Å²) in [6.45, 7) is 0.629. The second kappa shape index (κ2) is 8.71. The maximum Gasteiger partial charge on any atom is 0.271 e. The van der Waals surface area contributed by atoms with E-state index >= 15 is 0 Å². The predicted molar refractivity (Wildman–Crippen MR) is 119 cm³/mol. The van der Waals surface area contributed by atoms with Crippen LogP contribution in [0, 0.1) is 10.1 Å².